The third kappa shape index (κ3) is 10.4. The fourth-order valence-electron chi connectivity index (χ4n) is 4.15. The van der Waals surface area contributed by atoms with Crippen molar-refractivity contribution in [3.05, 3.63) is 47.0 Å². The smallest absolute Gasteiger partial charge is 0.475 e. The Morgan fingerprint density at radius 1 is 1.07 bits per heavy atom. The zero-order valence-electron chi connectivity index (χ0n) is 21.9. The number of carboxylic acids is 2. The van der Waals surface area contributed by atoms with Crippen molar-refractivity contribution in [2.24, 2.45) is 7.05 Å². The highest BCUT2D eigenvalue weighted by Crippen LogP contribution is 2.36. The van der Waals surface area contributed by atoms with Crippen LogP contribution in [0.15, 0.2) is 24.3 Å². The maximum Gasteiger partial charge on any atom is 0.490 e. The fourth-order valence-corrected chi connectivity index (χ4v) is 4.15. The predicted octanol–water partition coefficient (Wildman–Crippen LogP) is 3.65. The van der Waals surface area contributed by atoms with E-state index in [0.717, 1.165) is 56.2 Å². The summed E-state index contributed by atoms with van der Waals surface area (Å²) in [6, 6.07) is 8.24. The summed E-state index contributed by atoms with van der Waals surface area (Å²) in [5, 5.41) is 18.7. The number of nitrogens with zero attached hydrogens (tertiary/aromatic N) is 4. The zero-order chi connectivity index (χ0) is 30.3. The summed E-state index contributed by atoms with van der Waals surface area (Å²) in [4.78, 5) is 24.7. The Morgan fingerprint density at radius 3 is 2.12 bits per heavy atom. The van der Waals surface area contributed by atoms with Crippen molar-refractivity contribution in [3.8, 4) is 0 Å². The van der Waals surface area contributed by atoms with Crippen LogP contribution in [0.4, 0.5) is 26.3 Å². The number of hydrogen-bond acceptors (Lipinski definition) is 7. The third-order valence-corrected chi connectivity index (χ3v) is 5.85. The van der Waals surface area contributed by atoms with Crippen LogP contribution in [0, 0.1) is 13.8 Å². The summed E-state index contributed by atoms with van der Waals surface area (Å²) in [7, 11) is 2.01. The van der Waals surface area contributed by atoms with Gasteiger partial charge in [-0.25, -0.2) is 9.59 Å². The first-order valence-corrected chi connectivity index (χ1v) is 11.9. The van der Waals surface area contributed by atoms with Crippen molar-refractivity contribution < 1.29 is 55.6 Å². The summed E-state index contributed by atoms with van der Waals surface area (Å²) >= 11 is 0. The maximum atomic E-state index is 10.6. The van der Waals surface area contributed by atoms with Crippen molar-refractivity contribution in [2.75, 3.05) is 19.7 Å². The third-order valence-electron chi connectivity index (χ3n) is 5.85. The van der Waals surface area contributed by atoms with Crippen LogP contribution in [0.2, 0.25) is 0 Å². The molecule has 224 valence electrons. The van der Waals surface area contributed by atoms with Gasteiger partial charge < -0.3 is 19.7 Å². The molecule has 10 nitrogen and oxygen atoms in total. The van der Waals surface area contributed by atoms with E-state index in [2.05, 4.69) is 21.0 Å². The number of pyridine rings is 1. The highest BCUT2D eigenvalue weighted by molar-refractivity contribution is 5.73. The van der Waals surface area contributed by atoms with Gasteiger partial charge in [-0.2, -0.15) is 31.4 Å². The van der Waals surface area contributed by atoms with Crippen LogP contribution in [0.25, 0.3) is 0 Å². The number of aryl methyl sites for hydroxylation is 3. The van der Waals surface area contributed by atoms with E-state index in [9.17, 15) is 26.3 Å². The second-order valence-corrected chi connectivity index (χ2v) is 9.38. The number of rotatable bonds is 5. The Morgan fingerprint density at radius 2 is 1.65 bits per heavy atom. The summed E-state index contributed by atoms with van der Waals surface area (Å²) in [5.74, 6) is -5.51. The SMILES string of the molecule is Cc1cccc(COC2CCOC3(C2)CN(Cc2cc(C)nn2C)C3)n1.O=C(O)C(F)(F)F.O=C(O)C(F)(F)F. The molecule has 1 atom stereocenters. The quantitative estimate of drug-likeness (QED) is 0.507. The van der Waals surface area contributed by atoms with Gasteiger partial charge >= 0.3 is 24.3 Å². The first kappa shape index (κ1) is 33.0. The monoisotopic (exact) mass is 584 g/mol. The Bertz CT molecular complexity index is 1120. The number of aliphatic carboxylic acids is 2. The molecule has 0 bridgehead atoms. The van der Waals surface area contributed by atoms with Gasteiger partial charge in [0.25, 0.3) is 0 Å². The molecule has 1 unspecified atom stereocenters. The molecule has 1 spiro atoms. The predicted molar refractivity (Wildman–Crippen MR) is 126 cm³/mol. The van der Waals surface area contributed by atoms with Crippen LogP contribution in [0.1, 0.15) is 35.6 Å². The number of likely N-dealkylation sites (tertiary alicyclic amines) is 1. The number of carbonyl (C=O) groups is 2. The number of alkyl halides is 6. The average molecular weight is 585 g/mol. The highest BCUT2D eigenvalue weighted by atomic mass is 19.4. The average Bonchev–Trinajstić information content (AvgIpc) is 3.13. The number of carboxylic acid groups (broad SMARTS) is 2. The molecule has 2 aliphatic rings. The first-order valence-electron chi connectivity index (χ1n) is 11.9. The van der Waals surface area contributed by atoms with E-state index < -0.39 is 24.3 Å². The molecule has 0 saturated carbocycles. The van der Waals surface area contributed by atoms with Crippen LogP contribution in [0.5, 0.6) is 0 Å². The molecular weight excluding hydrogens is 554 g/mol. The summed E-state index contributed by atoms with van der Waals surface area (Å²) < 4.78 is 77.7. The van der Waals surface area contributed by atoms with Gasteiger partial charge in [0.15, 0.2) is 0 Å². The molecule has 0 amide bonds. The largest absolute Gasteiger partial charge is 0.490 e. The summed E-state index contributed by atoms with van der Waals surface area (Å²) in [6.07, 6.45) is -7.97. The second kappa shape index (κ2) is 13.4. The molecular formula is C24H30F6N4O6. The normalized spacial score (nSPS) is 18.6. The molecule has 2 fully saturated rings. The molecule has 0 radical (unpaired) electrons. The zero-order valence-corrected chi connectivity index (χ0v) is 21.9. The van der Waals surface area contributed by atoms with Gasteiger partial charge in [-0.15, -0.1) is 0 Å². The Kier molecular flexibility index (Phi) is 11.1. The molecule has 2 aliphatic heterocycles. The lowest BCUT2D eigenvalue weighted by Crippen LogP contribution is -2.65. The molecule has 0 aliphatic carbocycles. The van der Waals surface area contributed by atoms with E-state index in [4.69, 9.17) is 29.3 Å². The molecule has 40 heavy (non-hydrogen) atoms. The van der Waals surface area contributed by atoms with Crippen molar-refractivity contribution in [3.63, 3.8) is 0 Å². The fraction of sp³-hybridized carbons (Fsp3) is 0.583. The van der Waals surface area contributed by atoms with E-state index >= 15 is 0 Å². The molecule has 0 aromatic carbocycles. The van der Waals surface area contributed by atoms with Crippen LogP contribution in [0.3, 0.4) is 0 Å². The lowest BCUT2D eigenvalue weighted by Gasteiger charge is -2.53. The van der Waals surface area contributed by atoms with Crippen LogP contribution < -0.4 is 0 Å². The molecule has 2 aromatic heterocycles. The number of hydrogen-bond donors (Lipinski definition) is 2. The lowest BCUT2D eigenvalue weighted by molar-refractivity contribution is -0.201. The van der Waals surface area contributed by atoms with Crippen molar-refractivity contribution in [1.29, 1.82) is 0 Å². The molecule has 4 rings (SSSR count). The standard InChI is InChI=1S/C20H28N4O2.2C2HF3O2/c1-15-5-4-6-17(21-15)12-25-19-7-8-26-20(10-19)13-24(14-20)11-18-9-16(2)22-23(18)3;2*3-2(4,5)1(6)7/h4-6,9,19H,7-8,10-14H2,1-3H3;2*(H,6,7). The minimum Gasteiger partial charge on any atom is -0.475 e. The van der Waals surface area contributed by atoms with Gasteiger partial charge in [-0.05, 0) is 38.5 Å². The van der Waals surface area contributed by atoms with Gasteiger partial charge in [-0.3, -0.25) is 14.6 Å². The van der Waals surface area contributed by atoms with Gasteiger partial charge in [0.05, 0.1) is 35.4 Å². The topological polar surface area (TPSA) is 127 Å². The van der Waals surface area contributed by atoms with Gasteiger partial charge in [0.2, 0.25) is 0 Å². The van der Waals surface area contributed by atoms with Gasteiger partial charge in [-0.1, -0.05) is 6.07 Å². The molecule has 16 heteroatoms. The summed E-state index contributed by atoms with van der Waals surface area (Å²) in [6.45, 7) is 8.29. The van der Waals surface area contributed by atoms with E-state index in [1.165, 1.54) is 5.69 Å². The summed E-state index contributed by atoms with van der Waals surface area (Å²) in [5.41, 5.74) is 4.34. The van der Waals surface area contributed by atoms with Crippen molar-refractivity contribution >= 4 is 11.9 Å². The van der Waals surface area contributed by atoms with E-state index in [1.807, 2.05) is 43.8 Å². The minimum absolute atomic E-state index is 0.0312. The second-order valence-electron chi connectivity index (χ2n) is 9.38. The minimum atomic E-state index is -5.08. The highest BCUT2D eigenvalue weighted by Gasteiger charge is 2.47. The Balaban J connectivity index is 0.000000333. The molecule has 2 aromatic rings. The number of halogens is 6. The Labute approximate surface area is 225 Å². The molecule has 4 heterocycles. The van der Waals surface area contributed by atoms with Gasteiger partial charge in [0.1, 0.15) is 0 Å². The van der Waals surface area contributed by atoms with E-state index in [-0.39, 0.29) is 11.7 Å². The number of aromatic nitrogens is 3. The first-order chi connectivity index (χ1) is 18.4. The van der Waals surface area contributed by atoms with Crippen LogP contribution >= 0.6 is 0 Å². The van der Waals surface area contributed by atoms with E-state index in [1.54, 1.807) is 0 Å². The maximum absolute atomic E-state index is 10.6. The van der Waals surface area contributed by atoms with Gasteiger partial charge in [0, 0.05) is 45.4 Å². The molecule has 2 N–H and O–H groups in total. The lowest BCUT2D eigenvalue weighted by atomic mass is 9.84. The van der Waals surface area contributed by atoms with Crippen LogP contribution in [-0.4, -0.2) is 85.6 Å². The van der Waals surface area contributed by atoms with Crippen LogP contribution in [-0.2, 0) is 39.3 Å². The number of ether oxygens (including phenoxy) is 2. The van der Waals surface area contributed by atoms with Crippen molar-refractivity contribution in [1.82, 2.24) is 19.7 Å². The Hall–Kier alpha value is -3.24. The molecule has 2 saturated heterocycles. The van der Waals surface area contributed by atoms with Crippen molar-refractivity contribution in [2.45, 2.75) is 63.9 Å². The van der Waals surface area contributed by atoms with E-state index in [0.29, 0.717) is 6.61 Å².